The van der Waals surface area contributed by atoms with Crippen molar-refractivity contribution in [2.24, 2.45) is 17.8 Å². The molecule has 0 spiro atoms. The third-order valence-electron chi connectivity index (χ3n) is 8.51. The van der Waals surface area contributed by atoms with Crippen LogP contribution in [-0.2, 0) is 9.53 Å². The number of hydrogen-bond donors (Lipinski definition) is 3. The van der Waals surface area contributed by atoms with E-state index >= 15 is 0 Å². The summed E-state index contributed by atoms with van der Waals surface area (Å²) in [4.78, 5) is 12.0. The number of halogens is 3. The molecule has 4 fully saturated rings. The van der Waals surface area contributed by atoms with Crippen molar-refractivity contribution < 1.29 is 22.7 Å². The number of fused-ring (bicyclic) bond motifs is 1. The van der Waals surface area contributed by atoms with Gasteiger partial charge in [-0.1, -0.05) is 0 Å². The number of carbonyl (C=O) groups excluding carboxylic acids is 1. The number of anilines is 2. The van der Waals surface area contributed by atoms with Gasteiger partial charge in [-0.05, 0) is 87.4 Å². The molecule has 2 aromatic rings. The smallest absolute Gasteiger partial charge is 0.262 e. The Kier molecular flexibility index (Phi) is 6.56. The maximum absolute atomic E-state index is 14.6. The molecule has 1 aromatic carbocycles. The van der Waals surface area contributed by atoms with Crippen molar-refractivity contribution >= 4 is 17.4 Å². The Balaban J connectivity index is 1.09. The summed E-state index contributed by atoms with van der Waals surface area (Å²) in [5, 5.41) is 17.9. The third-order valence-corrected chi connectivity index (χ3v) is 8.51. The van der Waals surface area contributed by atoms with Gasteiger partial charge in [0.1, 0.15) is 5.82 Å². The lowest BCUT2D eigenvalue weighted by molar-refractivity contribution is -0.122. The lowest BCUT2D eigenvalue weighted by Gasteiger charge is -2.27. The second kappa shape index (κ2) is 9.87. The van der Waals surface area contributed by atoms with Gasteiger partial charge in [-0.2, -0.15) is 0 Å². The number of hydrogen-bond acceptors (Lipinski definition) is 6. The fraction of sp³-hybridized carbons (Fsp3) is 0.593. The quantitative estimate of drug-likeness (QED) is 0.505. The Morgan fingerprint density at radius 3 is 2.68 bits per heavy atom. The minimum Gasteiger partial charge on any atom is -0.381 e. The fourth-order valence-electron chi connectivity index (χ4n) is 6.25. The molecule has 2 saturated heterocycles. The highest BCUT2D eigenvalue weighted by Crippen LogP contribution is 2.42. The first-order chi connectivity index (χ1) is 17.9. The molecule has 0 radical (unpaired) electrons. The molecule has 2 saturated carbocycles. The van der Waals surface area contributed by atoms with Gasteiger partial charge in [-0.15, -0.1) is 10.2 Å². The van der Waals surface area contributed by atoms with Gasteiger partial charge in [0.25, 0.3) is 5.91 Å². The molecule has 0 bridgehead atoms. The van der Waals surface area contributed by atoms with E-state index in [9.17, 15) is 18.0 Å². The summed E-state index contributed by atoms with van der Waals surface area (Å²) in [6.07, 6.45) is 5.89. The number of carbonyl (C=O) groups is 1. The molecule has 3 N–H and O–H groups in total. The Hall–Kier alpha value is -2.72. The second-order valence-electron chi connectivity index (χ2n) is 11.1. The maximum Gasteiger partial charge on any atom is 0.262 e. The first-order valence-electron chi connectivity index (χ1n) is 13.3. The van der Waals surface area contributed by atoms with E-state index < -0.39 is 23.2 Å². The lowest BCUT2D eigenvalue weighted by Crippen LogP contribution is -2.33. The van der Waals surface area contributed by atoms with Gasteiger partial charge < -0.3 is 20.7 Å². The van der Waals surface area contributed by atoms with Crippen LogP contribution in [0.15, 0.2) is 24.3 Å². The van der Waals surface area contributed by atoms with E-state index in [4.69, 9.17) is 4.74 Å². The van der Waals surface area contributed by atoms with Gasteiger partial charge >= 0.3 is 0 Å². The highest BCUT2D eigenvalue weighted by molar-refractivity contribution is 5.99. The lowest BCUT2D eigenvalue weighted by atomic mass is 9.85. The van der Waals surface area contributed by atoms with E-state index in [0.29, 0.717) is 23.7 Å². The number of benzene rings is 1. The topological polar surface area (TPSA) is 88.2 Å². The highest BCUT2D eigenvalue weighted by atomic mass is 19.2. The van der Waals surface area contributed by atoms with Crippen LogP contribution in [0.3, 0.4) is 0 Å². The van der Waals surface area contributed by atoms with E-state index in [2.05, 4.69) is 26.1 Å². The molecule has 1 aromatic heterocycles. The predicted octanol–water partition coefficient (Wildman–Crippen LogP) is 4.46. The molecule has 2 aliphatic heterocycles. The summed E-state index contributed by atoms with van der Waals surface area (Å²) in [6, 6.07) is 6.21. The molecule has 37 heavy (non-hydrogen) atoms. The number of ether oxygens (including phenoxy) is 1. The zero-order valence-corrected chi connectivity index (χ0v) is 20.6. The van der Waals surface area contributed by atoms with E-state index in [-0.39, 0.29) is 35.8 Å². The van der Waals surface area contributed by atoms with E-state index in [1.807, 2.05) is 0 Å². The molecule has 4 atom stereocenters. The van der Waals surface area contributed by atoms with Crippen LogP contribution >= 0.6 is 0 Å². The molecular weight excluding hydrogens is 483 g/mol. The Morgan fingerprint density at radius 1 is 1.14 bits per heavy atom. The van der Waals surface area contributed by atoms with Crippen LogP contribution in [0, 0.1) is 29.4 Å². The number of nitrogens with zero attached hydrogens (tertiary/aromatic N) is 2. The monoisotopic (exact) mass is 515 g/mol. The minimum atomic E-state index is -1.92. The van der Waals surface area contributed by atoms with Crippen LogP contribution in [0.1, 0.15) is 44.9 Å². The Labute approximate surface area is 213 Å². The number of nitrogens with one attached hydrogen (secondary N) is 3. The summed E-state index contributed by atoms with van der Waals surface area (Å²) >= 11 is 0. The van der Waals surface area contributed by atoms with Crippen molar-refractivity contribution in [3.05, 3.63) is 35.9 Å². The normalized spacial score (nSPS) is 28.6. The van der Waals surface area contributed by atoms with Gasteiger partial charge in [-0.3, -0.25) is 4.79 Å². The molecule has 6 rings (SSSR count). The fourth-order valence-corrected chi connectivity index (χ4v) is 6.25. The van der Waals surface area contributed by atoms with Gasteiger partial charge in [0.05, 0.1) is 5.69 Å². The van der Waals surface area contributed by atoms with Crippen LogP contribution in [0.4, 0.5) is 24.7 Å². The van der Waals surface area contributed by atoms with E-state index in [1.165, 1.54) is 12.5 Å². The molecule has 7 nitrogen and oxygen atoms in total. The summed E-state index contributed by atoms with van der Waals surface area (Å²) in [5.41, 5.74) is -1.95. The van der Waals surface area contributed by atoms with Crippen LogP contribution < -0.4 is 16.0 Å². The second-order valence-corrected chi connectivity index (χ2v) is 11.1. The first kappa shape index (κ1) is 24.6. The zero-order chi connectivity index (χ0) is 25.6. The average Bonchev–Trinajstić information content (AvgIpc) is 3.37. The molecule has 4 aliphatic rings. The van der Waals surface area contributed by atoms with Crippen molar-refractivity contribution in [2.45, 2.75) is 62.7 Å². The van der Waals surface area contributed by atoms with Crippen molar-refractivity contribution in [3.8, 4) is 11.3 Å². The first-order valence-corrected chi connectivity index (χ1v) is 13.3. The zero-order valence-electron chi connectivity index (χ0n) is 20.6. The molecule has 0 unspecified atom stereocenters. The largest absolute Gasteiger partial charge is 0.381 e. The average molecular weight is 516 g/mol. The van der Waals surface area contributed by atoms with E-state index in [0.717, 1.165) is 57.4 Å². The van der Waals surface area contributed by atoms with Crippen molar-refractivity contribution in [3.63, 3.8) is 0 Å². The molecule has 1 amide bonds. The molecule has 2 aliphatic carbocycles. The molecular formula is C27H32F3N5O2. The van der Waals surface area contributed by atoms with Gasteiger partial charge in [0.2, 0.25) is 0 Å². The highest BCUT2D eigenvalue weighted by Gasteiger charge is 2.51. The number of rotatable bonds is 7. The summed E-state index contributed by atoms with van der Waals surface area (Å²) in [7, 11) is 0. The van der Waals surface area contributed by atoms with Gasteiger partial charge in [-0.25, -0.2) is 13.2 Å². The Morgan fingerprint density at radius 2 is 1.95 bits per heavy atom. The summed E-state index contributed by atoms with van der Waals surface area (Å²) in [5.74, 6) is -0.490. The van der Waals surface area contributed by atoms with Crippen molar-refractivity contribution in [2.75, 3.05) is 30.4 Å². The number of amides is 1. The van der Waals surface area contributed by atoms with Crippen molar-refractivity contribution in [1.29, 1.82) is 0 Å². The Bertz CT molecular complexity index is 1150. The van der Waals surface area contributed by atoms with Gasteiger partial charge in [0.15, 0.2) is 17.3 Å². The number of aromatic nitrogens is 2. The van der Waals surface area contributed by atoms with Crippen LogP contribution in [0.25, 0.3) is 11.3 Å². The van der Waals surface area contributed by atoms with Crippen LogP contribution in [-0.4, -0.2) is 53.6 Å². The maximum atomic E-state index is 14.6. The standard InChI is InChI=1S/C27H32F3N5O2/c28-21-13-18(33-26(36)27(30)5-6-27)12-20(25(21)29)22-1-2-24(35-34-22)32-17-10-16-14-31-23(19(16)11-17)9-15-3-7-37-8-4-15/h1-2,12-13,15-17,19,23,31H,3-11,14H2,(H,32,35)(H,33,36)/t16-,17+,19+,23+/m1/s1. The van der Waals surface area contributed by atoms with Crippen LogP contribution in [0.5, 0.6) is 0 Å². The predicted molar refractivity (Wildman–Crippen MR) is 133 cm³/mol. The summed E-state index contributed by atoms with van der Waals surface area (Å²) < 4.78 is 48.3. The van der Waals surface area contributed by atoms with E-state index in [1.54, 1.807) is 12.1 Å². The van der Waals surface area contributed by atoms with Crippen LogP contribution in [0.2, 0.25) is 0 Å². The number of alkyl halides is 1. The summed E-state index contributed by atoms with van der Waals surface area (Å²) in [6.45, 7) is 2.79. The third kappa shape index (κ3) is 5.18. The molecule has 10 heteroatoms. The minimum absolute atomic E-state index is 0.0201. The SMILES string of the molecule is O=C(Nc1cc(F)c(F)c(-c2ccc(N[C@H]3C[C@@H]4CN[C@@H](CC5CCOCC5)[C@H]4C3)nn2)c1)C1(F)CC1. The molecule has 3 heterocycles. The van der Waals surface area contributed by atoms with Crippen molar-refractivity contribution in [1.82, 2.24) is 15.5 Å². The van der Waals surface area contributed by atoms with Gasteiger partial charge in [0, 0.05) is 42.6 Å². The molecule has 198 valence electrons.